The van der Waals surface area contributed by atoms with Gasteiger partial charge in [-0.15, -0.1) is 0 Å². The highest BCUT2D eigenvalue weighted by molar-refractivity contribution is 5.96. The average Bonchev–Trinajstić information content (AvgIpc) is 2.76. The zero-order chi connectivity index (χ0) is 21.2. The Kier molecular flexibility index (Phi) is 8.21. The highest BCUT2D eigenvalue weighted by atomic mass is 16.5. The molecule has 0 aliphatic carbocycles. The molecule has 2 amide bonds. The molecule has 0 radical (unpaired) electrons. The molecule has 7 nitrogen and oxygen atoms in total. The second kappa shape index (κ2) is 10.8. The summed E-state index contributed by atoms with van der Waals surface area (Å²) in [6.07, 6.45) is 0.433. The van der Waals surface area contributed by atoms with Gasteiger partial charge in [0.25, 0.3) is 5.91 Å². The maximum absolute atomic E-state index is 12.4. The number of nitrogens with zero attached hydrogens (tertiary/aromatic N) is 1. The lowest BCUT2D eigenvalue weighted by atomic mass is 10.1. The lowest BCUT2D eigenvalue weighted by Crippen LogP contribution is -2.40. The summed E-state index contributed by atoms with van der Waals surface area (Å²) >= 11 is 0. The SMILES string of the molecule is CCC(=O)c1ccc(OCC(=O)N(CC)CC(=O)Nc2ccc(OC)cc2)cc1. The molecule has 0 fully saturated rings. The Morgan fingerprint density at radius 3 is 2.10 bits per heavy atom. The van der Waals surface area contributed by atoms with Gasteiger partial charge in [-0.05, 0) is 55.5 Å². The average molecular weight is 398 g/mol. The van der Waals surface area contributed by atoms with Crippen molar-refractivity contribution >= 4 is 23.3 Å². The van der Waals surface area contributed by atoms with Gasteiger partial charge in [0.1, 0.15) is 11.5 Å². The molecule has 0 saturated heterocycles. The van der Waals surface area contributed by atoms with Gasteiger partial charge in [0.2, 0.25) is 5.91 Å². The smallest absolute Gasteiger partial charge is 0.260 e. The summed E-state index contributed by atoms with van der Waals surface area (Å²) in [4.78, 5) is 37.7. The molecule has 1 N–H and O–H groups in total. The number of methoxy groups -OCH3 is 1. The van der Waals surface area contributed by atoms with Gasteiger partial charge in [0.05, 0.1) is 13.7 Å². The zero-order valence-electron chi connectivity index (χ0n) is 16.9. The van der Waals surface area contributed by atoms with Crippen LogP contribution in [0.1, 0.15) is 30.6 Å². The van der Waals surface area contributed by atoms with E-state index in [2.05, 4.69) is 5.32 Å². The molecule has 0 aliphatic rings. The van der Waals surface area contributed by atoms with Crippen LogP contribution in [-0.4, -0.2) is 49.3 Å². The van der Waals surface area contributed by atoms with Gasteiger partial charge in [-0.1, -0.05) is 6.92 Å². The Morgan fingerprint density at radius 2 is 1.55 bits per heavy atom. The Hall–Kier alpha value is -3.35. The first kappa shape index (κ1) is 21.9. The summed E-state index contributed by atoms with van der Waals surface area (Å²) < 4.78 is 10.6. The first-order chi connectivity index (χ1) is 14.0. The van der Waals surface area contributed by atoms with Crippen LogP contribution in [0.3, 0.4) is 0 Å². The Labute approximate surface area is 170 Å². The van der Waals surface area contributed by atoms with Crippen molar-refractivity contribution in [2.45, 2.75) is 20.3 Å². The summed E-state index contributed by atoms with van der Waals surface area (Å²) in [5.41, 5.74) is 1.23. The number of benzene rings is 2. The van der Waals surface area contributed by atoms with E-state index in [4.69, 9.17) is 9.47 Å². The minimum absolute atomic E-state index is 0.0488. The first-order valence-electron chi connectivity index (χ1n) is 9.44. The molecule has 154 valence electrons. The molecule has 0 atom stereocenters. The number of rotatable bonds is 10. The molecular formula is C22H26N2O5. The third-order valence-electron chi connectivity index (χ3n) is 4.30. The van der Waals surface area contributed by atoms with E-state index in [0.29, 0.717) is 35.7 Å². The number of likely N-dealkylation sites (N-methyl/N-ethyl adjacent to an activating group) is 1. The molecule has 0 heterocycles. The Morgan fingerprint density at radius 1 is 0.931 bits per heavy atom. The zero-order valence-corrected chi connectivity index (χ0v) is 16.9. The predicted octanol–water partition coefficient (Wildman–Crippen LogP) is 3.15. The third kappa shape index (κ3) is 6.64. The topological polar surface area (TPSA) is 84.9 Å². The minimum atomic E-state index is -0.300. The van der Waals surface area contributed by atoms with Crippen molar-refractivity contribution in [1.82, 2.24) is 4.90 Å². The van der Waals surface area contributed by atoms with E-state index in [0.717, 1.165) is 0 Å². The van der Waals surface area contributed by atoms with E-state index in [9.17, 15) is 14.4 Å². The largest absolute Gasteiger partial charge is 0.497 e. The number of hydrogen-bond donors (Lipinski definition) is 1. The highest BCUT2D eigenvalue weighted by Gasteiger charge is 2.16. The summed E-state index contributed by atoms with van der Waals surface area (Å²) in [5, 5.41) is 2.75. The van der Waals surface area contributed by atoms with Crippen LogP contribution in [0.4, 0.5) is 5.69 Å². The Balaban J connectivity index is 1.85. The van der Waals surface area contributed by atoms with Gasteiger partial charge in [-0.3, -0.25) is 14.4 Å². The third-order valence-corrected chi connectivity index (χ3v) is 4.30. The van der Waals surface area contributed by atoms with Crippen LogP contribution in [0.15, 0.2) is 48.5 Å². The van der Waals surface area contributed by atoms with Crippen LogP contribution in [-0.2, 0) is 9.59 Å². The first-order valence-corrected chi connectivity index (χ1v) is 9.44. The molecular weight excluding hydrogens is 372 g/mol. The van der Waals surface area contributed by atoms with Crippen molar-refractivity contribution in [3.63, 3.8) is 0 Å². The normalized spacial score (nSPS) is 10.2. The molecule has 2 aromatic rings. The van der Waals surface area contributed by atoms with Gasteiger partial charge in [-0.2, -0.15) is 0 Å². The van der Waals surface area contributed by atoms with Crippen LogP contribution in [0.5, 0.6) is 11.5 Å². The molecule has 2 rings (SSSR count). The van der Waals surface area contributed by atoms with E-state index >= 15 is 0 Å². The van der Waals surface area contributed by atoms with Gasteiger partial charge in [-0.25, -0.2) is 0 Å². The van der Waals surface area contributed by atoms with Crippen molar-refractivity contribution in [1.29, 1.82) is 0 Å². The van der Waals surface area contributed by atoms with E-state index in [1.807, 2.05) is 0 Å². The lowest BCUT2D eigenvalue weighted by molar-refractivity contribution is -0.136. The number of ketones is 1. The number of anilines is 1. The van der Waals surface area contributed by atoms with E-state index < -0.39 is 0 Å². The van der Waals surface area contributed by atoms with Crippen LogP contribution in [0, 0.1) is 0 Å². The number of amides is 2. The van der Waals surface area contributed by atoms with Crippen molar-refractivity contribution in [2.24, 2.45) is 0 Å². The fourth-order valence-corrected chi connectivity index (χ4v) is 2.60. The lowest BCUT2D eigenvalue weighted by Gasteiger charge is -2.20. The summed E-state index contributed by atoms with van der Waals surface area (Å²) in [5.74, 6) is 0.633. The van der Waals surface area contributed by atoms with Crippen LogP contribution >= 0.6 is 0 Å². The molecule has 7 heteroatoms. The fourth-order valence-electron chi connectivity index (χ4n) is 2.60. The number of nitrogens with one attached hydrogen (secondary N) is 1. The molecule has 2 aromatic carbocycles. The van der Waals surface area contributed by atoms with Crippen molar-refractivity contribution in [3.8, 4) is 11.5 Å². The van der Waals surface area contributed by atoms with Crippen molar-refractivity contribution < 1.29 is 23.9 Å². The summed E-state index contributed by atoms with van der Waals surface area (Å²) in [6, 6.07) is 13.6. The second-order valence-electron chi connectivity index (χ2n) is 6.27. The maximum Gasteiger partial charge on any atom is 0.260 e. The number of ether oxygens (including phenoxy) is 2. The van der Waals surface area contributed by atoms with Gasteiger partial charge < -0.3 is 19.7 Å². The summed E-state index contributed by atoms with van der Waals surface area (Å²) in [6.45, 7) is 3.71. The standard InChI is InChI=1S/C22H26N2O5/c1-4-20(25)16-6-10-19(11-7-16)29-15-22(27)24(5-2)14-21(26)23-17-8-12-18(28-3)13-9-17/h6-13H,4-5,14-15H2,1-3H3,(H,23,26). The molecule has 29 heavy (non-hydrogen) atoms. The molecule has 0 aromatic heterocycles. The van der Waals surface area contributed by atoms with Gasteiger partial charge >= 0.3 is 0 Å². The molecule has 0 saturated carbocycles. The maximum atomic E-state index is 12.4. The number of carbonyl (C=O) groups is 3. The van der Waals surface area contributed by atoms with E-state index in [1.54, 1.807) is 69.5 Å². The molecule has 0 spiro atoms. The monoisotopic (exact) mass is 398 g/mol. The van der Waals surface area contributed by atoms with Crippen LogP contribution in [0.2, 0.25) is 0 Å². The number of carbonyl (C=O) groups excluding carboxylic acids is 3. The number of hydrogen-bond acceptors (Lipinski definition) is 5. The molecule has 0 unspecified atom stereocenters. The highest BCUT2D eigenvalue weighted by Crippen LogP contribution is 2.15. The van der Waals surface area contributed by atoms with Crippen LogP contribution in [0.25, 0.3) is 0 Å². The molecule has 0 bridgehead atoms. The predicted molar refractivity (Wildman–Crippen MR) is 110 cm³/mol. The van der Waals surface area contributed by atoms with Crippen LogP contribution < -0.4 is 14.8 Å². The van der Waals surface area contributed by atoms with E-state index in [-0.39, 0.29) is 30.7 Å². The number of Topliss-reactive ketones (excluding diaryl/α,β-unsaturated/α-hetero) is 1. The fraction of sp³-hybridized carbons (Fsp3) is 0.318. The minimum Gasteiger partial charge on any atom is -0.497 e. The second-order valence-corrected chi connectivity index (χ2v) is 6.27. The molecule has 0 aliphatic heterocycles. The quantitative estimate of drug-likeness (QED) is 0.622. The van der Waals surface area contributed by atoms with Gasteiger partial charge in [0, 0.05) is 24.2 Å². The summed E-state index contributed by atoms with van der Waals surface area (Å²) in [7, 11) is 1.57. The van der Waals surface area contributed by atoms with Gasteiger partial charge in [0.15, 0.2) is 12.4 Å². The van der Waals surface area contributed by atoms with Crippen molar-refractivity contribution in [3.05, 3.63) is 54.1 Å². The van der Waals surface area contributed by atoms with E-state index in [1.165, 1.54) is 4.90 Å². The van der Waals surface area contributed by atoms with Crippen molar-refractivity contribution in [2.75, 3.05) is 32.1 Å². The Bertz CT molecular complexity index is 831.